The molecular weight excluding hydrogens is 372 g/mol. The van der Waals surface area contributed by atoms with Crippen molar-refractivity contribution in [2.45, 2.75) is 123 Å². The van der Waals surface area contributed by atoms with E-state index in [9.17, 15) is 9.59 Å². The molecule has 28 heavy (non-hydrogen) atoms. The second-order valence-electron chi connectivity index (χ2n) is 7.72. The second-order valence-corrected chi connectivity index (χ2v) is 8.09. The van der Waals surface area contributed by atoms with Crippen molar-refractivity contribution < 1.29 is 19.1 Å². The van der Waals surface area contributed by atoms with Gasteiger partial charge in [0.2, 0.25) is 0 Å². The lowest BCUT2D eigenvalue weighted by molar-refractivity contribution is -0.157. The van der Waals surface area contributed by atoms with Crippen molar-refractivity contribution in [3.05, 3.63) is 0 Å². The van der Waals surface area contributed by atoms with Crippen LogP contribution in [0.2, 0.25) is 0 Å². The summed E-state index contributed by atoms with van der Waals surface area (Å²) < 4.78 is 10.6. The number of carbonyl (C=O) groups excluding carboxylic acids is 2. The van der Waals surface area contributed by atoms with Gasteiger partial charge >= 0.3 is 11.9 Å². The Morgan fingerprint density at radius 3 is 1.57 bits per heavy atom. The molecule has 0 radical (unpaired) electrons. The Morgan fingerprint density at radius 1 is 0.679 bits per heavy atom. The Morgan fingerprint density at radius 2 is 1.11 bits per heavy atom. The molecule has 0 aromatic carbocycles. The lowest BCUT2D eigenvalue weighted by atomic mass is 10.1. The molecule has 0 aliphatic rings. The Kier molecular flexibility index (Phi) is 20.5. The van der Waals surface area contributed by atoms with Gasteiger partial charge in [-0.3, -0.25) is 9.59 Å². The first kappa shape index (κ1) is 27.3. The molecule has 0 amide bonds. The largest absolute Gasteiger partial charge is 0.462 e. The zero-order valence-electron chi connectivity index (χ0n) is 18.4. The maximum Gasteiger partial charge on any atom is 0.306 e. The van der Waals surface area contributed by atoms with E-state index < -0.39 is 6.10 Å². The smallest absolute Gasteiger partial charge is 0.306 e. The first-order valence-electron chi connectivity index (χ1n) is 11.6. The standard InChI is InChI=1S/C23H44O4S/c1-3-5-7-9-11-13-15-17-22(24)26-19-21(20-28)27-23(25)18-16-14-12-10-8-6-4-2/h21,28H,3-20H2,1-2H3/t21-/m1/s1. The lowest BCUT2D eigenvalue weighted by Crippen LogP contribution is -2.26. The van der Waals surface area contributed by atoms with Gasteiger partial charge in [0, 0.05) is 18.6 Å². The molecule has 0 heterocycles. The van der Waals surface area contributed by atoms with Crippen molar-refractivity contribution in [2.24, 2.45) is 0 Å². The van der Waals surface area contributed by atoms with Gasteiger partial charge in [0.05, 0.1) is 0 Å². The van der Waals surface area contributed by atoms with E-state index in [4.69, 9.17) is 9.47 Å². The van der Waals surface area contributed by atoms with Gasteiger partial charge in [-0.1, -0.05) is 90.9 Å². The Labute approximate surface area is 178 Å². The van der Waals surface area contributed by atoms with Crippen LogP contribution in [-0.4, -0.2) is 30.4 Å². The van der Waals surface area contributed by atoms with Crippen molar-refractivity contribution in [1.29, 1.82) is 0 Å². The summed E-state index contributed by atoms with van der Waals surface area (Å²) in [6.07, 6.45) is 16.8. The zero-order valence-corrected chi connectivity index (χ0v) is 19.3. The maximum absolute atomic E-state index is 11.9. The molecule has 0 N–H and O–H groups in total. The van der Waals surface area contributed by atoms with Crippen LogP contribution < -0.4 is 0 Å². The molecule has 5 heteroatoms. The fraction of sp³-hybridized carbons (Fsp3) is 0.913. The van der Waals surface area contributed by atoms with Crippen LogP contribution in [-0.2, 0) is 19.1 Å². The summed E-state index contributed by atoms with van der Waals surface area (Å²) in [5.41, 5.74) is 0. The van der Waals surface area contributed by atoms with Crippen molar-refractivity contribution in [2.75, 3.05) is 12.4 Å². The minimum atomic E-state index is -0.446. The molecule has 0 aliphatic carbocycles. The molecule has 0 aromatic heterocycles. The van der Waals surface area contributed by atoms with E-state index in [1.165, 1.54) is 64.2 Å². The van der Waals surface area contributed by atoms with E-state index in [0.717, 1.165) is 25.7 Å². The van der Waals surface area contributed by atoms with Gasteiger partial charge in [-0.05, 0) is 12.8 Å². The fourth-order valence-electron chi connectivity index (χ4n) is 3.08. The van der Waals surface area contributed by atoms with Gasteiger partial charge in [0.1, 0.15) is 12.7 Å². The van der Waals surface area contributed by atoms with Crippen LogP contribution in [0, 0.1) is 0 Å². The van der Waals surface area contributed by atoms with Crippen LogP contribution in [0.3, 0.4) is 0 Å². The summed E-state index contributed by atoms with van der Waals surface area (Å²) in [5.74, 6) is -0.0489. The molecular formula is C23H44O4S. The molecule has 0 rings (SSSR count). The maximum atomic E-state index is 11.9. The highest BCUT2D eigenvalue weighted by Gasteiger charge is 2.15. The monoisotopic (exact) mass is 416 g/mol. The van der Waals surface area contributed by atoms with Crippen LogP contribution in [0.1, 0.15) is 117 Å². The number of thiol groups is 1. The third kappa shape index (κ3) is 18.6. The Bertz CT molecular complexity index is 374. The van der Waals surface area contributed by atoms with Crippen LogP contribution >= 0.6 is 12.6 Å². The minimum Gasteiger partial charge on any atom is -0.462 e. The predicted octanol–water partition coefficient (Wildman–Crippen LogP) is 6.65. The van der Waals surface area contributed by atoms with Gasteiger partial charge in [-0.2, -0.15) is 12.6 Å². The van der Waals surface area contributed by atoms with Gasteiger partial charge in [-0.25, -0.2) is 0 Å². The molecule has 0 saturated heterocycles. The minimum absolute atomic E-state index is 0.113. The number of rotatable bonds is 20. The topological polar surface area (TPSA) is 52.6 Å². The van der Waals surface area contributed by atoms with Crippen molar-refractivity contribution in [3.63, 3.8) is 0 Å². The van der Waals surface area contributed by atoms with Crippen LogP contribution in [0.15, 0.2) is 0 Å². The summed E-state index contributed by atoms with van der Waals surface area (Å²) in [6, 6.07) is 0. The van der Waals surface area contributed by atoms with E-state index in [-0.39, 0.29) is 18.5 Å². The average Bonchev–Trinajstić information content (AvgIpc) is 2.69. The first-order valence-corrected chi connectivity index (χ1v) is 12.2. The summed E-state index contributed by atoms with van der Waals surface area (Å²) in [6.45, 7) is 4.53. The van der Waals surface area contributed by atoms with Crippen molar-refractivity contribution in [3.8, 4) is 0 Å². The fourth-order valence-corrected chi connectivity index (χ4v) is 3.26. The normalized spacial score (nSPS) is 12.0. The average molecular weight is 417 g/mol. The number of carbonyl (C=O) groups is 2. The second kappa shape index (κ2) is 21.0. The quantitative estimate of drug-likeness (QED) is 0.137. The molecule has 166 valence electrons. The summed E-state index contributed by atoms with van der Waals surface area (Å²) in [7, 11) is 0. The number of unbranched alkanes of at least 4 members (excludes halogenated alkanes) is 12. The molecule has 0 aliphatic heterocycles. The molecule has 1 atom stereocenters. The number of hydrogen-bond acceptors (Lipinski definition) is 5. The van der Waals surface area contributed by atoms with E-state index in [1.54, 1.807) is 0 Å². The van der Waals surface area contributed by atoms with Gasteiger partial charge in [0.25, 0.3) is 0 Å². The molecule has 0 bridgehead atoms. The number of hydrogen-bond donors (Lipinski definition) is 1. The molecule has 0 unspecified atom stereocenters. The zero-order chi connectivity index (χ0) is 20.9. The van der Waals surface area contributed by atoms with Gasteiger partial charge in [-0.15, -0.1) is 0 Å². The number of ether oxygens (including phenoxy) is 2. The Hall–Kier alpha value is -0.710. The van der Waals surface area contributed by atoms with Crippen LogP contribution in [0.25, 0.3) is 0 Å². The highest BCUT2D eigenvalue weighted by Crippen LogP contribution is 2.11. The highest BCUT2D eigenvalue weighted by molar-refractivity contribution is 7.80. The SMILES string of the molecule is CCCCCCCCCC(=O)OC[C@H](CS)OC(=O)CCCCCCCCC. The van der Waals surface area contributed by atoms with E-state index in [1.807, 2.05) is 0 Å². The third-order valence-electron chi connectivity index (χ3n) is 4.90. The molecule has 0 fully saturated rings. The van der Waals surface area contributed by atoms with E-state index in [0.29, 0.717) is 18.6 Å². The van der Waals surface area contributed by atoms with E-state index in [2.05, 4.69) is 26.5 Å². The predicted molar refractivity (Wildman–Crippen MR) is 120 cm³/mol. The lowest BCUT2D eigenvalue weighted by Gasteiger charge is -2.16. The molecule has 0 spiro atoms. The summed E-state index contributed by atoms with van der Waals surface area (Å²) >= 11 is 4.21. The van der Waals surface area contributed by atoms with Crippen LogP contribution in [0.5, 0.6) is 0 Å². The summed E-state index contributed by atoms with van der Waals surface area (Å²) in [5, 5.41) is 0. The van der Waals surface area contributed by atoms with E-state index >= 15 is 0 Å². The van der Waals surface area contributed by atoms with Crippen LogP contribution in [0.4, 0.5) is 0 Å². The molecule has 0 saturated carbocycles. The number of esters is 2. The van der Waals surface area contributed by atoms with Gasteiger partial charge < -0.3 is 9.47 Å². The van der Waals surface area contributed by atoms with Crippen molar-refractivity contribution in [1.82, 2.24) is 0 Å². The first-order chi connectivity index (χ1) is 13.6. The van der Waals surface area contributed by atoms with Crippen molar-refractivity contribution >= 4 is 24.6 Å². The molecule has 0 aromatic rings. The third-order valence-corrected chi connectivity index (χ3v) is 5.31. The van der Waals surface area contributed by atoms with Gasteiger partial charge in [0.15, 0.2) is 0 Å². The molecule has 4 nitrogen and oxygen atoms in total. The highest BCUT2D eigenvalue weighted by atomic mass is 32.1. The Balaban J connectivity index is 3.67. The summed E-state index contributed by atoms with van der Waals surface area (Å²) in [4.78, 5) is 23.7.